The lowest BCUT2D eigenvalue weighted by Crippen LogP contribution is -2.12. The zero-order valence-corrected chi connectivity index (χ0v) is 13.3. The van der Waals surface area contributed by atoms with Gasteiger partial charge in [-0.25, -0.2) is 15.0 Å². The van der Waals surface area contributed by atoms with Gasteiger partial charge in [0.25, 0.3) is 5.91 Å². The summed E-state index contributed by atoms with van der Waals surface area (Å²) in [7, 11) is 0. The summed E-state index contributed by atoms with van der Waals surface area (Å²) in [6, 6.07) is 6.56. The number of halogens is 2. The Morgan fingerprint density at radius 2 is 1.95 bits per heavy atom. The van der Waals surface area contributed by atoms with E-state index in [0.717, 1.165) is 0 Å². The van der Waals surface area contributed by atoms with E-state index in [2.05, 4.69) is 20.3 Å². The highest BCUT2D eigenvalue weighted by Crippen LogP contribution is 2.26. The standard InChI is InChI=1S/C14H8Cl2N4OS/c15-8-2-3-10(9(16)6-8)19-13(21)11-7-22-14(20-11)12-17-4-1-5-18-12/h1-7H,(H,19,21). The zero-order chi connectivity index (χ0) is 15.5. The molecule has 0 fully saturated rings. The number of carbonyl (C=O) groups is 1. The molecule has 0 radical (unpaired) electrons. The Morgan fingerprint density at radius 1 is 1.18 bits per heavy atom. The molecule has 1 N–H and O–H groups in total. The molecule has 1 amide bonds. The van der Waals surface area contributed by atoms with Crippen LogP contribution in [0.4, 0.5) is 5.69 Å². The van der Waals surface area contributed by atoms with Crippen LogP contribution in [0.25, 0.3) is 10.8 Å². The normalized spacial score (nSPS) is 10.5. The molecule has 1 aromatic carbocycles. The van der Waals surface area contributed by atoms with Crippen molar-refractivity contribution in [3.05, 3.63) is 57.8 Å². The molecule has 8 heteroatoms. The third-order valence-corrected chi connectivity index (χ3v) is 4.06. The van der Waals surface area contributed by atoms with E-state index in [-0.39, 0.29) is 11.6 Å². The van der Waals surface area contributed by atoms with Crippen molar-refractivity contribution in [1.82, 2.24) is 15.0 Å². The third kappa shape index (κ3) is 3.24. The molecule has 0 aliphatic rings. The summed E-state index contributed by atoms with van der Waals surface area (Å²) < 4.78 is 0. The van der Waals surface area contributed by atoms with Crippen molar-refractivity contribution < 1.29 is 4.79 Å². The van der Waals surface area contributed by atoms with Gasteiger partial charge < -0.3 is 5.32 Å². The Hall–Kier alpha value is -2.02. The Morgan fingerprint density at radius 3 is 2.68 bits per heavy atom. The average molecular weight is 351 g/mol. The summed E-state index contributed by atoms with van der Waals surface area (Å²) in [6.45, 7) is 0. The molecule has 3 rings (SSSR count). The molecule has 2 heterocycles. The smallest absolute Gasteiger partial charge is 0.275 e. The van der Waals surface area contributed by atoms with Gasteiger partial charge >= 0.3 is 0 Å². The lowest BCUT2D eigenvalue weighted by molar-refractivity contribution is 0.102. The van der Waals surface area contributed by atoms with Crippen LogP contribution in [0.15, 0.2) is 42.0 Å². The third-order valence-electron chi connectivity index (χ3n) is 2.67. The van der Waals surface area contributed by atoms with Crippen LogP contribution in [0, 0.1) is 0 Å². The quantitative estimate of drug-likeness (QED) is 0.769. The minimum Gasteiger partial charge on any atom is -0.319 e. The highest BCUT2D eigenvalue weighted by molar-refractivity contribution is 7.13. The maximum absolute atomic E-state index is 12.2. The molecule has 22 heavy (non-hydrogen) atoms. The van der Waals surface area contributed by atoms with Crippen molar-refractivity contribution in [2.75, 3.05) is 5.32 Å². The second-order valence-corrected chi connectivity index (χ2v) is 5.89. The van der Waals surface area contributed by atoms with Gasteiger partial charge in [-0.15, -0.1) is 11.3 Å². The molecule has 0 spiro atoms. The van der Waals surface area contributed by atoms with Gasteiger partial charge in [-0.1, -0.05) is 23.2 Å². The number of amides is 1. The van der Waals surface area contributed by atoms with E-state index in [9.17, 15) is 4.79 Å². The molecule has 0 saturated heterocycles. The first-order valence-corrected chi connectivity index (χ1v) is 7.76. The largest absolute Gasteiger partial charge is 0.319 e. The molecule has 0 saturated carbocycles. The fraction of sp³-hybridized carbons (Fsp3) is 0. The van der Waals surface area contributed by atoms with E-state index in [1.165, 1.54) is 11.3 Å². The van der Waals surface area contributed by atoms with E-state index in [4.69, 9.17) is 23.2 Å². The number of hydrogen-bond donors (Lipinski definition) is 1. The van der Waals surface area contributed by atoms with E-state index >= 15 is 0 Å². The highest BCUT2D eigenvalue weighted by atomic mass is 35.5. The number of benzene rings is 1. The number of carbonyl (C=O) groups excluding carboxylic acids is 1. The van der Waals surface area contributed by atoms with Crippen molar-refractivity contribution in [1.29, 1.82) is 0 Å². The number of nitrogens with one attached hydrogen (secondary N) is 1. The second-order valence-electron chi connectivity index (χ2n) is 4.19. The highest BCUT2D eigenvalue weighted by Gasteiger charge is 2.14. The molecular formula is C14H8Cl2N4OS. The number of hydrogen-bond acceptors (Lipinski definition) is 5. The lowest BCUT2D eigenvalue weighted by atomic mass is 10.3. The molecule has 0 bridgehead atoms. The van der Waals surface area contributed by atoms with Gasteiger partial charge in [0.1, 0.15) is 5.69 Å². The first-order chi connectivity index (χ1) is 10.6. The van der Waals surface area contributed by atoms with Crippen LogP contribution in [0.3, 0.4) is 0 Å². The van der Waals surface area contributed by atoms with Crippen molar-refractivity contribution in [2.24, 2.45) is 0 Å². The van der Waals surface area contributed by atoms with Crippen molar-refractivity contribution in [3.63, 3.8) is 0 Å². The van der Waals surface area contributed by atoms with Crippen LogP contribution < -0.4 is 5.32 Å². The SMILES string of the molecule is O=C(Nc1ccc(Cl)cc1Cl)c1csc(-c2ncccn2)n1. The Kier molecular flexibility index (Phi) is 4.33. The van der Waals surface area contributed by atoms with E-state index in [0.29, 0.717) is 26.6 Å². The number of nitrogens with zero attached hydrogens (tertiary/aromatic N) is 3. The van der Waals surface area contributed by atoms with Crippen LogP contribution in [0.2, 0.25) is 10.0 Å². The maximum Gasteiger partial charge on any atom is 0.275 e. The molecule has 110 valence electrons. The fourth-order valence-corrected chi connectivity index (χ4v) is 2.87. The van der Waals surface area contributed by atoms with Crippen molar-refractivity contribution >= 4 is 46.1 Å². The van der Waals surface area contributed by atoms with Crippen LogP contribution in [0.5, 0.6) is 0 Å². The first-order valence-electron chi connectivity index (χ1n) is 6.13. The second kappa shape index (κ2) is 6.39. The van der Waals surface area contributed by atoms with E-state index in [1.807, 2.05) is 0 Å². The summed E-state index contributed by atoms with van der Waals surface area (Å²) in [6.07, 6.45) is 3.24. The summed E-state index contributed by atoms with van der Waals surface area (Å²) in [4.78, 5) is 24.6. The molecule has 0 unspecified atom stereocenters. The van der Waals surface area contributed by atoms with Gasteiger partial charge in [-0.2, -0.15) is 0 Å². The van der Waals surface area contributed by atoms with Gasteiger partial charge in [0.05, 0.1) is 10.7 Å². The monoisotopic (exact) mass is 350 g/mol. The maximum atomic E-state index is 12.2. The predicted octanol–water partition coefficient (Wildman–Crippen LogP) is 4.16. The van der Waals surface area contributed by atoms with Crippen LogP contribution in [0.1, 0.15) is 10.5 Å². The minimum atomic E-state index is -0.359. The Bertz CT molecular complexity index is 823. The fourth-order valence-electron chi connectivity index (χ4n) is 1.67. The summed E-state index contributed by atoms with van der Waals surface area (Å²) in [5.74, 6) is 0.124. The van der Waals surface area contributed by atoms with Gasteiger partial charge in [0.2, 0.25) is 0 Å². The van der Waals surface area contributed by atoms with Crippen molar-refractivity contribution in [2.45, 2.75) is 0 Å². The van der Waals surface area contributed by atoms with Gasteiger partial charge in [-0.3, -0.25) is 4.79 Å². The van der Waals surface area contributed by atoms with E-state index in [1.54, 1.807) is 42.0 Å². The van der Waals surface area contributed by atoms with Gasteiger partial charge in [0.15, 0.2) is 10.8 Å². The Balaban J connectivity index is 1.80. The molecule has 3 aromatic rings. The minimum absolute atomic E-state index is 0.276. The molecule has 0 atom stereocenters. The summed E-state index contributed by atoms with van der Waals surface area (Å²) in [5.41, 5.74) is 0.750. The number of thiazole rings is 1. The zero-order valence-electron chi connectivity index (χ0n) is 11.0. The molecule has 0 aliphatic heterocycles. The van der Waals surface area contributed by atoms with E-state index < -0.39 is 0 Å². The summed E-state index contributed by atoms with van der Waals surface area (Å²) >= 11 is 13.1. The summed E-state index contributed by atoms with van der Waals surface area (Å²) in [5, 5.41) is 5.78. The predicted molar refractivity (Wildman–Crippen MR) is 87.6 cm³/mol. The number of rotatable bonds is 3. The molecular weight excluding hydrogens is 343 g/mol. The van der Waals surface area contributed by atoms with Crippen LogP contribution in [-0.2, 0) is 0 Å². The van der Waals surface area contributed by atoms with Crippen LogP contribution >= 0.6 is 34.5 Å². The number of aromatic nitrogens is 3. The average Bonchev–Trinajstić information content (AvgIpc) is 3.01. The number of anilines is 1. The Labute approximate surface area is 140 Å². The van der Waals surface area contributed by atoms with Crippen molar-refractivity contribution in [3.8, 4) is 10.8 Å². The van der Waals surface area contributed by atoms with Crippen LogP contribution in [-0.4, -0.2) is 20.9 Å². The molecule has 2 aromatic heterocycles. The first kappa shape index (κ1) is 14.9. The topological polar surface area (TPSA) is 67.8 Å². The molecule has 5 nitrogen and oxygen atoms in total. The lowest BCUT2D eigenvalue weighted by Gasteiger charge is -2.05. The van der Waals surface area contributed by atoms with Gasteiger partial charge in [0, 0.05) is 22.8 Å². The molecule has 0 aliphatic carbocycles. The van der Waals surface area contributed by atoms with Gasteiger partial charge in [-0.05, 0) is 24.3 Å².